The topological polar surface area (TPSA) is 55.2 Å². The average molecular weight is 277 g/mol. The molecule has 1 aromatic heterocycles. The van der Waals surface area contributed by atoms with Crippen molar-refractivity contribution in [3.8, 4) is 0 Å². The Kier molecular flexibility index (Phi) is 3.97. The van der Waals surface area contributed by atoms with E-state index in [2.05, 4.69) is 4.98 Å². The van der Waals surface area contributed by atoms with Crippen molar-refractivity contribution in [1.29, 1.82) is 0 Å². The number of carbonyl (C=O) groups is 1. The fourth-order valence-electron chi connectivity index (χ4n) is 2.65. The minimum atomic E-state index is -0.273. The van der Waals surface area contributed by atoms with E-state index in [0.29, 0.717) is 12.4 Å². The number of nitrogens with zero attached hydrogens (tertiary/aromatic N) is 3. The third-order valence-electron chi connectivity index (χ3n) is 3.84. The molecule has 0 radical (unpaired) electrons. The van der Waals surface area contributed by atoms with Crippen molar-refractivity contribution in [2.24, 2.45) is 5.92 Å². The zero-order valence-corrected chi connectivity index (χ0v) is 12.7. The minimum Gasteiger partial charge on any atom is -0.351 e. The maximum Gasteiger partial charge on any atom is 0.293 e. The summed E-state index contributed by atoms with van der Waals surface area (Å²) in [5.41, 5.74) is -0.353. The van der Waals surface area contributed by atoms with Crippen LogP contribution in [-0.2, 0) is 10.3 Å². The molecule has 5 heteroatoms. The number of piperidine rings is 1. The molecule has 0 spiro atoms. The van der Waals surface area contributed by atoms with Gasteiger partial charge >= 0.3 is 0 Å². The first-order valence-corrected chi connectivity index (χ1v) is 7.14. The van der Waals surface area contributed by atoms with Crippen LogP contribution in [0.5, 0.6) is 0 Å². The Morgan fingerprint density at radius 1 is 1.40 bits per heavy atom. The molecule has 1 aliphatic heterocycles. The maximum absolute atomic E-state index is 12.6. The number of hydrogen-bond donors (Lipinski definition) is 0. The predicted octanol–water partition coefficient (Wildman–Crippen LogP) is 1.80. The minimum absolute atomic E-state index is 0.0215. The van der Waals surface area contributed by atoms with Crippen LogP contribution < -0.4 is 10.5 Å². The molecule has 0 bridgehead atoms. The summed E-state index contributed by atoms with van der Waals surface area (Å²) in [6.07, 6.45) is 5.22. The monoisotopic (exact) mass is 277 g/mol. The summed E-state index contributed by atoms with van der Waals surface area (Å²) >= 11 is 0. The number of aromatic nitrogens is 2. The molecular weight excluding hydrogens is 254 g/mol. The highest BCUT2D eigenvalue weighted by Crippen LogP contribution is 2.20. The highest BCUT2D eigenvalue weighted by molar-refractivity contribution is 5.79. The Balaban J connectivity index is 2.34. The van der Waals surface area contributed by atoms with Gasteiger partial charge in [0.1, 0.15) is 5.78 Å². The van der Waals surface area contributed by atoms with E-state index in [-0.39, 0.29) is 22.8 Å². The van der Waals surface area contributed by atoms with E-state index in [9.17, 15) is 9.59 Å². The van der Waals surface area contributed by atoms with Crippen molar-refractivity contribution in [2.75, 3.05) is 18.0 Å². The Hall–Kier alpha value is -1.65. The highest BCUT2D eigenvalue weighted by atomic mass is 16.1. The largest absolute Gasteiger partial charge is 0.351 e. The predicted molar refractivity (Wildman–Crippen MR) is 79.1 cm³/mol. The average Bonchev–Trinajstić information content (AvgIpc) is 2.37. The quantitative estimate of drug-likeness (QED) is 0.827. The number of anilines is 1. The third-order valence-corrected chi connectivity index (χ3v) is 3.84. The molecule has 0 saturated carbocycles. The van der Waals surface area contributed by atoms with Crippen molar-refractivity contribution >= 4 is 11.6 Å². The van der Waals surface area contributed by atoms with Gasteiger partial charge in [-0.15, -0.1) is 0 Å². The molecule has 1 saturated heterocycles. The molecule has 2 rings (SSSR count). The number of Topliss-reactive ketones (excluding diaryl/α,β-unsaturated/α-hetero) is 1. The van der Waals surface area contributed by atoms with Crippen LogP contribution in [-0.4, -0.2) is 28.4 Å². The van der Waals surface area contributed by atoms with Crippen LogP contribution in [0.15, 0.2) is 17.2 Å². The van der Waals surface area contributed by atoms with Gasteiger partial charge in [0.25, 0.3) is 5.56 Å². The molecule has 2 heterocycles. The van der Waals surface area contributed by atoms with E-state index >= 15 is 0 Å². The van der Waals surface area contributed by atoms with Gasteiger partial charge in [-0.25, -0.2) is 4.98 Å². The van der Waals surface area contributed by atoms with Crippen molar-refractivity contribution < 1.29 is 4.79 Å². The number of ketones is 1. The van der Waals surface area contributed by atoms with Gasteiger partial charge in [-0.1, -0.05) is 0 Å². The first-order valence-electron chi connectivity index (χ1n) is 7.14. The van der Waals surface area contributed by atoms with Gasteiger partial charge in [0.2, 0.25) is 0 Å². The third kappa shape index (κ3) is 2.92. The van der Waals surface area contributed by atoms with Crippen LogP contribution in [0, 0.1) is 5.92 Å². The lowest BCUT2D eigenvalue weighted by atomic mass is 9.95. The fraction of sp³-hybridized carbons (Fsp3) is 0.667. The lowest BCUT2D eigenvalue weighted by Gasteiger charge is -2.33. The fourth-order valence-corrected chi connectivity index (χ4v) is 2.65. The zero-order valence-electron chi connectivity index (χ0n) is 12.7. The van der Waals surface area contributed by atoms with E-state index in [0.717, 1.165) is 19.4 Å². The molecule has 1 atom stereocenters. The van der Waals surface area contributed by atoms with Crippen molar-refractivity contribution in [3.05, 3.63) is 22.7 Å². The number of carbonyl (C=O) groups excluding carboxylic acids is 1. The SMILES string of the molecule is CC(=O)C1CCCN(c2nccn(C(C)(C)C)c2=O)C1. The molecule has 1 fully saturated rings. The Morgan fingerprint density at radius 2 is 2.10 bits per heavy atom. The first-order chi connectivity index (χ1) is 9.30. The second-order valence-corrected chi connectivity index (χ2v) is 6.49. The van der Waals surface area contributed by atoms with Crippen LogP contribution in [0.4, 0.5) is 5.82 Å². The van der Waals surface area contributed by atoms with Gasteiger partial charge in [0.05, 0.1) is 0 Å². The Bertz CT molecular complexity index is 557. The van der Waals surface area contributed by atoms with Crippen LogP contribution >= 0.6 is 0 Å². The molecule has 1 unspecified atom stereocenters. The summed E-state index contributed by atoms with van der Waals surface area (Å²) in [4.78, 5) is 30.3. The molecule has 5 nitrogen and oxygen atoms in total. The molecule has 1 aliphatic rings. The second kappa shape index (κ2) is 5.38. The Morgan fingerprint density at radius 3 is 2.70 bits per heavy atom. The van der Waals surface area contributed by atoms with Crippen molar-refractivity contribution in [2.45, 2.75) is 46.1 Å². The van der Waals surface area contributed by atoms with Gasteiger partial charge in [-0.3, -0.25) is 9.59 Å². The van der Waals surface area contributed by atoms with Gasteiger partial charge in [-0.05, 0) is 40.5 Å². The summed E-state index contributed by atoms with van der Waals surface area (Å²) in [5.74, 6) is 0.684. The van der Waals surface area contributed by atoms with E-state index < -0.39 is 0 Å². The molecule has 0 aliphatic carbocycles. The molecular formula is C15H23N3O2. The van der Waals surface area contributed by atoms with E-state index in [1.807, 2.05) is 25.7 Å². The molecule has 110 valence electrons. The summed E-state index contributed by atoms with van der Waals surface area (Å²) in [5, 5.41) is 0. The molecule has 0 amide bonds. The Labute approximate surface area is 119 Å². The van der Waals surface area contributed by atoms with E-state index in [4.69, 9.17) is 0 Å². The van der Waals surface area contributed by atoms with Gasteiger partial charge in [-0.2, -0.15) is 0 Å². The van der Waals surface area contributed by atoms with Gasteiger partial charge in [0, 0.05) is 36.9 Å². The van der Waals surface area contributed by atoms with Gasteiger partial charge in [0.15, 0.2) is 5.82 Å². The standard InChI is InChI=1S/C15H23N3O2/c1-11(19)12-6-5-8-17(10-12)13-14(20)18(9-7-16-13)15(2,3)4/h7,9,12H,5-6,8,10H2,1-4H3. The molecule has 0 N–H and O–H groups in total. The summed E-state index contributed by atoms with van der Waals surface area (Å²) < 4.78 is 1.70. The molecule has 0 aromatic carbocycles. The van der Waals surface area contributed by atoms with Gasteiger partial charge < -0.3 is 9.47 Å². The molecule has 1 aromatic rings. The van der Waals surface area contributed by atoms with Crippen LogP contribution in [0.2, 0.25) is 0 Å². The lowest BCUT2D eigenvalue weighted by Crippen LogP contribution is -2.44. The van der Waals surface area contributed by atoms with E-state index in [1.165, 1.54) is 0 Å². The first kappa shape index (κ1) is 14.8. The van der Waals surface area contributed by atoms with Crippen LogP contribution in [0.1, 0.15) is 40.5 Å². The smallest absolute Gasteiger partial charge is 0.293 e. The summed E-state index contributed by atoms with van der Waals surface area (Å²) in [7, 11) is 0. The van der Waals surface area contributed by atoms with Crippen molar-refractivity contribution in [3.63, 3.8) is 0 Å². The normalized spacial score (nSPS) is 20.0. The number of hydrogen-bond acceptors (Lipinski definition) is 4. The van der Waals surface area contributed by atoms with Crippen LogP contribution in [0.3, 0.4) is 0 Å². The molecule has 20 heavy (non-hydrogen) atoms. The van der Waals surface area contributed by atoms with Crippen LogP contribution in [0.25, 0.3) is 0 Å². The van der Waals surface area contributed by atoms with E-state index in [1.54, 1.807) is 23.9 Å². The highest BCUT2D eigenvalue weighted by Gasteiger charge is 2.27. The number of rotatable bonds is 2. The maximum atomic E-state index is 12.6. The lowest BCUT2D eigenvalue weighted by molar-refractivity contribution is -0.120. The zero-order chi connectivity index (χ0) is 14.9. The second-order valence-electron chi connectivity index (χ2n) is 6.49. The summed E-state index contributed by atoms with van der Waals surface area (Å²) in [6.45, 7) is 9.00. The summed E-state index contributed by atoms with van der Waals surface area (Å²) in [6, 6.07) is 0. The van der Waals surface area contributed by atoms with Crippen molar-refractivity contribution in [1.82, 2.24) is 9.55 Å².